The molecule has 18 heavy (non-hydrogen) atoms. The van der Waals surface area contributed by atoms with Gasteiger partial charge in [0.2, 0.25) is 0 Å². The van der Waals surface area contributed by atoms with Crippen LogP contribution in [0.5, 0.6) is 0 Å². The highest BCUT2D eigenvalue weighted by Gasteiger charge is 2.09. The summed E-state index contributed by atoms with van der Waals surface area (Å²) in [5.74, 6) is -0.188. The van der Waals surface area contributed by atoms with Crippen LogP contribution in [-0.4, -0.2) is 11.5 Å². The molecule has 0 saturated carbocycles. The van der Waals surface area contributed by atoms with Crippen molar-refractivity contribution in [1.29, 1.82) is 0 Å². The monoisotopic (exact) mass is 280 g/mol. The smallest absolute Gasteiger partial charge is 0.173 e. The number of benzene rings is 2. The molecule has 0 aliphatic heterocycles. The van der Waals surface area contributed by atoms with E-state index < -0.39 is 0 Å². The maximum absolute atomic E-state index is 13.4. The molecule has 2 aromatic carbocycles. The summed E-state index contributed by atoms with van der Waals surface area (Å²) in [7, 11) is 0. The Hall–Kier alpha value is -1.32. The van der Waals surface area contributed by atoms with Crippen LogP contribution in [0, 0.1) is 5.82 Å². The molecule has 4 heteroatoms. The lowest BCUT2D eigenvalue weighted by molar-refractivity contribution is 0.102. The van der Waals surface area contributed by atoms with Gasteiger partial charge in [0, 0.05) is 15.5 Å². The van der Waals surface area contributed by atoms with E-state index in [0.717, 1.165) is 11.8 Å². The van der Waals surface area contributed by atoms with E-state index in [1.54, 1.807) is 24.3 Å². The van der Waals surface area contributed by atoms with Gasteiger partial charge in [-0.15, -0.1) is 11.8 Å². The van der Waals surface area contributed by atoms with Gasteiger partial charge in [0.05, 0.1) is 5.75 Å². The molecule has 0 saturated heterocycles. The molecule has 0 unspecified atom stereocenters. The second kappa shape index (κ2) is 6.03. The second-order valence-corrected chi connectivity index (χ2v) is 5.11. The quantitative estimate of drug-likeness (QED) is 0.608. The van der Waals surface area contributed by atoms with Gasteiger partial charge >= 0.3 is 0 Å². The second-order valence-electron chi connectivity index (χ2n) is 3.65. The average Bonchev–Trinajstić information content (AvgIpc) is 2.40. The number of hydrogen-bond acceptors (Lipinski definition) is 2. The Morgan fingerprint density at radius 2 is 1.89 bits per heavy atom. The van der Waals surface area contributed by atoms with Crippen LogP contribution in [0.3, 0.4) is 0 Å². The highest BCUT2D eigenvalue weighted by atomic mass is 35.5. The standard InChI is InChI=1S/C14H10ClFOS/c15-11-6-7-12(16)14(8-11)18-9-13(17)10-4-2-1-3-5-10/h1-8H,9H2. The van der Waals surface area contributed by atoms with E-state index in [2.05, 4.69) is 0 Å². The van der Waals surface area contributed by atoms with Crippen LogP contribution in [0.1, 0.15) is 10.4 Å². The van der Waals surface area contributed by atoms with E-state index in [1.807, 2.05) is 6.07 Å². The number of rotatable bonds is 4. The van der Waals surface area contributed by atoms with Crippen LogP contribution < -0.4 is 0 Å². The summed E-state index contributed by atoms with van der Waals surface area (Å²) < 4.78 is 13.4. The zero-order valence-corrected chi connectivity index (χ0v) is 11.0. The third-order valence-corrected chi connectivity index (χ3v) is 3.61. The minimum Gasteiger partial charge on any atom is -0.293 e. The topological polar surface area (TPSA) is 17.1 Å². The van der Waals surface area contributed by atoms with Gasteiger partial charge in [0.15, 0.2) is 5.78 Å². The zero-order chi connectivity index (χ0) is 13.0. The normalized spacial score (nSPS) is 10.3. The highest BCUT2D eigenvalue weighted by molar-refractivity contribution is 8.00. The van der Waals surface area contributed by atoms with Crippen molar-refractivity contribution in [1.82, 2.24) is 0 Å². The number of halogens is 2. The predicted molar refractivity (Wildman–Crippen MR) is 72.9 cm³/mol. The first-order valence-electron chi connectivity index (χ1n) is 5.33. The predicted octanol–water partition coefficient (Wildman–Crippen LogP) is 4.45. The Labute approximate surface area is 114 Å². The van der Waals surface area contributed by atoms with Gasteiger partial charge < -0.3 is 0 Å². The maximum atomic E-state index is 13.4. The summed E-state index contributed by atoms with van der Waals surface area (Å²) in [6.45, 7) is 0. The molecule has 0 spiro atoms. The largest absolute Gasteiger partial charge is 0.293 e. The number of carbonyl (C=O) groups is 1. The highest BCUT2D eigenvalue weighted by Crippen LogP contribution is 2.25. The third-order valence-electron chi connectivity index (χ3n) is 2.35. The van der Waals surface area contributed by atoms with Gasteiger partial charge in [-0.2, -0.15) is 0 Å². The summed E-state index contributed by atoms with van der Waals surface area (Å²) >= 11 is 6.94. The molecule has 1 nitrogen and oxygen atoms in total. The lowest BCUT2D eigenvalue weighted by atomic mass is 10.2. The van der Waals surface area contributed by atoms with Crippen molar-refractivity contribution in [3.8, 4) is 0 Å². The van der Waals surface area contributed by atoms with Crippen LogP contribution >= 0.6 is 23.4 Å². The first kappa shape index (κ1) is 13.1. The van der Waals surface area contributed by atoms with E-state index in [0.29, 0.717) is 15.5 Å². The SMILES string of the molecule is O=C(CSc1cc(Cl)ccc1F)c1ccccc1. The van der Waals surface area contributed by atoms with Crippen molar-refractivity contribution in [3.05, 3.63) is 64.9 Å². The number of ketones is 1. The number of thioether (sulfide) groups is 1. The molecule has 0 N–H and O–H groups in total. The van der Waals surface area contributed by atoms with Crippen LogP contribution in [-0.2, 0) is 0 Å². The maximum Gasteiger partial charge on any atom is 0.173 e. The van der Waals surface area contributed by atoms with E-state index in [4.69, 9.17) is 11.6 Å². The Morgan fingerprint density at radius 3 is 2.61 bits per heavy atom. The van der Waals surface area contributed by atoms with Gasteiger partial charge in [-0.3, -0.25) is 4.79 Å². The third kappa shape index (κ3) is 3.34. The van der Waals surface area contributed by atoms with Crippen molar-refractivity contribution in [3.63, 3.8) is 0 Å². The van der Waals surface area contributed by atoms with Gasteiger partial charge in [0.1, 0.15) is 5.82 Å². The van der Waals surface area contributed by atoms with Crippen LogP contribution in [0.15, 0.2) is 53.4 Å². The average molecular weight is 281 g/mol. The van der Waals surface area contributed by atoms with E-state index in [1.165, 1.54) is 18.2 Å². The molecule has 0 aliphatic carbocycles. The van der Waals surface area contributed by atoms with Gasteiger partial charge in [-0.1, -0.05) is 41.9 Å². The summed E-state index contributed by atoms with van der Waals surface area (Å²) in [6.07, 6.45) is 0. The summed E-state index contributed by atoms with van der Waals surface area (Å²) in [5.41, 5.74) is 0.632. The molecule has 92 valence electrons. The molecule has 0 atom stereocenters. The van der Waals surface area contributed by atoms with Crippen LogP contribution in [0.4, 0.5) is 4.39 Å². The summed E-state index contributed by atoms with van der Waals surface area (Å²) in [4.78, 5) is 12.2. The van der Waals surface area contributed by atoms with Crippen molar-refractivity contribution in [2.75, 3.05) is 5.75 Å². The molecule has 0 bridgehead atoms. The molecule has 0 amide bonds. The summed E-state index contributed by atoms with van der Waals surface area (Å²) in [6, 6.07) is 13.3. The van der Waals surface area contributed by atoms with Gasteiger partial charge in [-0.05, 0) is 18.2 Å². The molecule has 0 heterocycles. The number of hydrogen-bond donors (Lipinski definition) is 0. The number of Topliss-reactive ketones (excluding diaryl/α,β-unsaturated/α-hetero) is 1. The van der Waals surface area contributed by atoms with Crippen molar-refractivity contribution >= 4 is 29.1 Å². The van der Waals surface area contributed by atoms with Gasteiger partial charge in [-0.25, -0.2) is 4.39 Å². The van der Waals surface area contributed by atoms with Crippen LogP contribution in [0.2, 0.25) is 5.02 Å². The molecule has 0 fully saturated rings. The minimum absolute atomic E-state index is 0.0278. The van der Waals surface area contributed by atoms with Crippen molar-refractivity contribution in [2.45, 2.75) is 4.90 Å². The fourth-order valence-electron chi connectivity index (χ4n) is 1.44. The first-order chi connectivity index (χ1) is 8.66. The lowest BCUT2D eigenvalue weighted by Crippen LogP contribution is -2.02. The molecular formula is C14H10ClFOS. The van der Waals surface area contributed by atoms with Gasteiger partial charge in [0.25, 0.3) is 0 Å². The fraction of sp³-hybridized carbons (Fsp3) is 0.0714. The Kier molecular flexibility index (Phi) is 4.39. The zero-order valence-electron chi connectivity index (χ0n) is 9.40. The van der Waals surface area contributed by atoms with E-state index in [-0.39, 0.29) is 17.4 Å². The number of carbonyl (C=O) groups excluding carboxylic acids is 1. The minimum atomic E-state index is -0.356. The summed E-state index contributed by atoms with van der Waals surface area (Å²) in [5, 5.41) is 0.464. The van der Waals surface area contributed by atoms with Crippen LogP contribution in [0.25, 0.3) is 0 Å². The van der Waals surface area contributed by atoms with E-state index >= 15 is 0 Å². The molecule has 2 rings (SSSR count). The van der Waals surface area contributed by atoms with Crippen molar-refractivity contribution in [2.24, 2.45) is 0 Å². The Morgan fingerprint density at radius 1 is 1.17 bits per heavy atom. The Balaban J connectivity index is 2.04. The molecule has 0 aromatic heterocycles. The van der Waals surface area contributed by atoms with E-state index in [9.17, 15) is 9.18 Å². The molecule has 0 radical (unpaired) electrons. The first-order valence-corrected chi connectivity index (χ1v) is 6.69. The lowest BCUT2D eigenvalue weighted by Gasteiger charge is -2.03. The molecule has 0 aliphatic rings. The fourth-order valence-corrected chi connectivity index (χ4v) is 2.54. The molecule has 2 aromatic rings. The Bertz CT molecular complexity index is 557. The molecular weight excluding hydrogens is 271 g/mol. The van der Waals surface area contributed by atoms with Crippen molar-refractivity contribution < 1.29 is 9.18 Å².